The molecule has 0 aromatic heterocycles. The molecule has 0 amide bonds. The highest BCUT2D eigenvalue weighted by Crippen LogP contribution is 2.04. The predicted molar refractivity (Wildman–Crippen MR) is 36.1 cm³/mol. The summed E-state index contributed by atoms with van der Waals surface area (Å²) in [6, 6.07) is 0. The Hall–Kier alpha value is -0.370. The molecule has 0 aliphatic heterocycles. The summed E-state index contributed by atoms with van der Waals surface area (Å²) < 4.78 is 0. The monoisotopic (exact) mass is 130 g/mol. The summed E-state index contributed by atoms with van der Waals surface area (Å²) in [5, 5.41) is 9.08. The molecule has 0 spiro atoms. The van der Waals surface area contributed by atoms with E-state index in [1.165, 1.54) is 6.92 Å². The molecular formula is C7H14O2. The molecule has 0 fully saturated rings. The first kappa shape index (κ1) is 8.63. The number of aliphatic hydroxyl groups is 1. The maximum atomic E-state index is 10.4. The fourth-order valence-corrected chi connectivity index (χ4v) is 0.530. The maximum absolute atomic E-state index is 10.4. The van der Waals surface area contributed by atoms with Crippen molar-refractivity contribution < 1.29 is 9.90 Å². The summed E-state index contributed by atoms with van der Waals surface area (Å²) in [5.41, 5.74) is 0. The molecule has 0 aliphatic rings. The summed E-state index contributed by atoms with van der Waals surface area (Å²) in [7, 11) is 0. The van der Waals surface area contributed by atoms with Crippen molar-refractivity contribution >= 4 is 5.78 Å². The number of carbonyl (C=O) groups excluding carboxylic acids is 1. The smallest absolute Gasteiger partial charge is 0.132 e. The van der Waals surface area contributed by atoms with Crippen molar-refractivity contribution in [2.45, 2.75) is 33.3 Å². The third-order valence-electron chi connectivity index (χ3n) is 1.27. The molecule has 0 rings (SSSR count). The van der Waals surface area contributed by atoms with E-state index in [4.69, 9.17) is 5.11 Å². The van der Waals surface area contributed by atoms with Crippen LogP contribution in [-0.4, -0.2) is 17.0 Å². The number of hydrogen-bond donors (Lipinski definition) is 1. The number of aliphatic hydroxyl groups excluding tert-OH is 1. The average Bonchev–Trinajstić information content (AvgIpc) is 1.63. The molecule has 0 aromatic rings. The fourth-order valence-electron chi connectivity index (χ4n) is 0.530. The van der Waals surface area contributed by atoms with Gasteiger partial charge in [-0.1, -0.05) is 13.8 Å². The van der Waals surface area contributed by atoms with Gasteiger partial charge in [0, 0.05) is 6.42 Å². The molecule has 0 aliphatic carbocycles. The fraction of sp³-hybridized carbons (Fsp3) is 0.857. The van der Waals surface area contributed by atoms with Crippen LogP contribution in [0.15, 0.2) is 0 Å². The van der Waals surface area contributed by atoms with Gasteiger partial charge >= 0.3 is 0 Å². The number of ketones is 1. The van der Waals surface area contributed by atoms with Crippen LogP contribution in [0.2, 0.25) is 0 Å². The van der Waals surface area contributed by atoms with Crippen LogP contribution in [0, 0.1) is 5.92 Å². The molecule has 0 saturated heterocycles. The Labute approximate surface area is 55.9 Å². The molecule has 0 radical (unpaired) electrons. The van der Waals surface area contributed by atoms with Crippen LogP contribution in [0.3, 0.4) is 0 Å². The lowest BCUT2D eigenvalue weighted by Crippen LogP contribution is -2.17. The first-order valence-electron chi connectivity index (χ1n) is 3.21. The van der Waals surface area contributed by atoms with Crippen molar-refractivity contribution in [3.63, 3.8) is 0 Å². The predicted octanol–water partition coefficient (Wildman–Crippen LogP) is 0.982. The van der Waals surface area contributed by atoms with Crippen LogP contribution in [0.25, 0.3) is 0 Å². The first-order valence-corrected chi connectivity index (χ1v) is 3.21. The Balaban J connectivity index is 3.50. The molecule has 2 nitrogen and oxygen atoms in total. The van der Waals surface area contributed by atoms with Gasteiger partial charge in [0.1, 0.15) is 5.78 Å². The van der Waals surface area contributed by atoms with Gasteiger partial charge in [-0.2, -0.15) is 0 Å². The van der Waals surface area contributed by atoms with Crippen molar-refractivity contribution in [2.24, 2.45) is 5.92 Å². The number of carbonyl (C=O) groups is 1. The first-order chi connectivity index (χ1) is 4.04. The van der Waals surface area contributed by atoms with Crippen molar-refractivity contribution in [2.75, 3.05) is 0 Å². The van der Waals surface area contributed by atoms with E-state index >= 15 is 0 Å². The third-order valence-corrected chi connectivity index (χ3v) is 1.27. The van der Waals surface area contributed by atoms with Gasteiger partial charge in [0.15, 0.2) is 0 Å². The second-order valence-corrected chi connectivity index (χ2v) is 2.72. The van der Waals surface area contributed by atoms with E-state index in [-0.39, 0.29) is 18.1 Å². The number of rotatable bonds is 3. The van der Waals surface area contributed by atoms with Crippen LogP contribution in [0.4, 0.5) is 0 Å². The van der Waals surface area contributed by atoms with Crippen molar-refractivity contribution in [3.05, 3.63) is 0 Å². The van der Waals surface area contributed by atoms with E-state index in [1.54, 1.807) is 0 Å². The van der Waals surface area contributed by atoms with Crippen molar-refractivity contribution in [1.29, 1.82) is 0 Å². The van der Waals surface area contributed by atoms with E-state index in [9.17, 15) is 4.79 Å². The van der Waals surface area contributed by atoms with E-state index in [0.717, 1.165) is 0 Å². The Bertz CT molecular complexity index is 97.1. The second-order valence-electron chi connectivity index (χ2n) is 2.72. The highest BCUT2D eigenvalue weighted by molar-refractivity contribution is 5.75. The highest BCUT2D eigenvalue weighted by Gasteiger charge is 2.10. The standard InChI is InChI=1S/C7H14O2/c1-5(2)7(9)4-6(3)8/h5,7,9H,4H2,1-3H3/t7-/m1/s1. The summed E-state index contributed by atoms with van der Waals surface area (Å²) in [5.74, 6) is 0.241. The molecule has 1 N–H and O–H groups in total. The molecule has 0 unspecified atom stereocenters. The van der Waals surface area contributed by atoms with Gasteiger partial charge in [0.25, 0.3) is 0 Å². The van der Waals surface area contributed by atoms with Gasteiger partial charge in [-0.15, -0.1) is 0 Å². The minimum atomic E-state index is -0.456. The summed E-state index contributed by atoms with van der Waals surface area (Å²) in [4.78, 5) is 10.4. The van der Waals surface area contributed by atoms with Gasteiger partial charge in [0.05, 0.1) is 6.10 Å². The summed E-state index contributed by atoms with van der Waals surface area (Å²) >= 11 is 0. The Morgan fingerprint density at radius 2 is 2.00 bits per heavy atom. The molecule has 0 heterocycles. The Kier molecular flexibility index (Phi) is 3.47. The van der Waals surface area contributed by atoms with Crippen LogP contribution in [0.1, 0.15) is 27.2 Å². The third kappa shape index (κ3) is 4.15. The molecule has 9 heavy (non-hydrogen) atoms. The minimum Gasteiger partial charge on any atom is -0.392 e. The largest absolute Gasteiger partial charge is 0.392 e. The van der Waals surface area contributed by atoms with Crippen molar-refractivity contribution in [1.82, 2.24) is 0 Å². The molecular weight excluding hydrogens is 116 g/mol. The highest BCUT2D eigenvalue weighted by atomic mass is 16.3. The second kappa shape index (κ2) is 3.62. The van der Waals surface area contributed by atoms with Gasteiger partial charge in [-0.05, 0) is 12.8 Å². The van der Waals surface area contributed by atoms with E-state index in [0.29, 0.717) is 0 Å². The zero-order valence-corrected chi connectivity index (χ0v) is 6.22. The van der Waals surface area contributed by atoms with Gasteiger partial charge < -0.3 is 5.11 Å². The lowest BCUT2D eigenvalue weighted by molar-refractivity contribution is -0.119. The van der Waals surface area contributed by atoms with E-state index in [2.05, 4.69) is 0 Å². The SMILES string of the molecule is CC(=O)C[C@@H](O)C(C)C. The zero-order valence-electron chi connectivity index (χ0n) is 6.22. The zero-order chi connectivity index (χ0) is 7.44. The summed E-state index contributed by atoms with van der Waals surface area (Å²) in [6.07, 6.45) is -0.167. The van der Waals surface area contributed by atoms with Crippen LogP contribution in [-0.2, 0) is 4.79 Å². The minimum absolute atomic E-state index is 0.0520. The lowest BCUT2D eigenvalue weighted by atomic mass is 10.0. The lowest BCUT2D eigenvalue weighted by Gasteiger charge is -2.10. The summed E-state index contributed by atoms with van der Waals surface area (Å²) in [6.45, 7) is 5.28. The van der Waals surface area contributed by atoms with Crippen LogP contribution >= 0.6 is 0 Å². The molecule has 2 heteroatoms. The molecule has 1 atom stereocenters. The number of hydrogen-bond acceptors (Lipinski definition) is 2. The quantitative estimate of drug-likeness (QED) is 0.618. The van der Waals surface area contributed by atoms with Gasteiger partial charge in [-0.25, -0.2) is 0 Å². The Morgan fingerprint density at radius 1 is 1.56 bits per heavy atom. The number of Topliss-reactive ketones (excluding diaryl/α,β-unsaturated/α-hetero) is 1. The molecule has 0 aromatic carbocycles. The molecule has 0 saturated carbocycles. The molecule has 0 bridgehead atoms. The molecule has 54 valence electrons. The van der Waals surface area contributed by atoms with E-state index < -0.39 is 6.10 Å². The van der Waals surface area contributed by atoms with Crippen molar-refractivity contribution in [3.8, 4) is 0 Å². The van der Waals surface area contributed by atoms with E-state index in [1.807, 2.05) is 13.8 Å². The average molecular weight is 130 g/mol. The van der Waals surface area contributed by atoms with Crippen LogP contribution < -0.4 is 0 Å². The topological polar surface area (TPSA) is 37.3 Å². The van der Waals surface area contributed by atoms with Crippen LogP contribution in [0.5, 0.6) is 0 Å². The van der Waals surface area contributed by atoms with Gasteiger partial charge in [0.2, 0.25) is 0 Å². The Morgan fingerprint density at radius 3 is 2.11 bits per heavy atom. The maximum Gasteiger partial charge on any atom is 0.132 e. The normalized spacial score (nSPS) is 13.9. The van der Waals surface area contributed by atoms with Gasteiger partial charge in [-0.3, -0.25) is 4.79 Å².